The molecule has 4 aromatic rings. The van der Waals surface area contributed by atoms with E-state index < -0.39 is 0 Å². The summed E-state index contributed by atoms with van der Waals surface area (Å²) in [5.41, 5.74) is 5.82. The van der Waals surface area contributed by atoms with Gasteiger partial charge in [0.1, 0.15) is 0 Å². The fourth-order valence-electron chi connectivity index (χ4n) is 5.58. The molecule has 0 fully saturated rings. The van der Waals surface area contributed by atoms with Crippen molar-refractivity contribution >= 4 is 63.4 Å². The van der Waals surface area contributed by atoms with Crippen LogP contribution in [0.4, 0.5) is 0 Å². The highest BCUT2D eigenvalue weighted by molar-refractivity contribution is 9.11. The van der Waals surface area contributed by atoms with Crippen LogP contribution < -0.4 is 0 Å². The summed E-state index contributed by atoms with van der Waals surface area (Å²) >= 11 is 9.63. The molecule has 28 heavy (non-hydrogen) atoms. The van der Waals surface area contributed by atoms with Gasteiger partial charge in [-0.05, 0) is 52.8 Å². The van der Waals surface area contributed by atoms with Crippen LogP contribution in [-0.4, -0.2) is 0 Å². The molecule has 3 aromatic carbocycles. The van der Waals surface area contributed by atoms with E-state index in [4.69, 9.17) is 0 Å². The first-order chi connectivity index (χ1) is 13.4. The Bertz CT molecular complexity index is 1240. The Balaban J connectivity index is 2.03. The van der Waals surface area contributed by atoms with Gasteiger partial charge in [0.05, 0.1) is 0 Å². The lowest BCUT2D eigenvalue weighted by molar-refractivity contribution is 0.280. The molecular formula is C25H22Br2S. The van der Waals surface area contributed by atoms with Crippen molar-refractivity contribution in [3.8, 4) is 11.1 Å². The smallest absolute Gasteiger partial charge is 0.0448 e. The topological polar surface area (TPSA) is 0 Å². The number of benzene rings is 3. The Hall–Kier alpha value is -1.16. The summed E-state index contributed by atoms with van der Waals surface area (Å²) in [6, 6.07) is 18.1. The predicted molar refractivity (Wildman–Crippen MR) is 131 cm³/mol. The first-order valence-corrected chi connectivity index (χ1v) is 12.2. The normalized spacial score (nSPS) is 15.0. The van der Waals surface area contributed by atoms with Gasteiger partial charge in [-0.25, -0.2) is 0 Å². The molecule has 142 valence electrons. The van der Waals surface area contributed by atoms with Gasteiger partial charge >= 0.3 is 0 Å². The van der Waals surface area contributed by atoms with Crippen LogP contribution in [0.1, 0.15) is 38.8 Å². The number of thiophene rings is 1. The second kappa shape index (κ2) is 6.42. The fraction of sp³-hybridized carbons (Fsp3) is 0.280. The zero-order chi connectivity index (χ0) is 19.8. The van der Waals surface area contributed by atoms with Crippen molar-refractivity contribution in [1.29, 1.82) is 0 Å². The average Bonchev–Trinajstić information content (AvgIpc) is 3.15. The van der Waals surface area contributed by atoms with E-state index in [9.17, 15) is 0 Å². The number of rotatable bonds is 2. The molecule has 0 saturated carbocycles. The lowest BCUT2D eigenvalue weighted by atomic mass is 9.63. The van der Waals surface area contributed by atoms with Crippen molar-refractivity contribution in [2.45, 2.75) is 33.1 Å². The zero-order valence-electron chi connectivity index (χ0n) is 16.4. The molecule has 0 radical (unpaired) electrons. The van der Waals surface area contributed by atoms with E-state index in [1.54, 1.807) is 0 Å². The minimum absolute atomic E-state index is 0.0152. The Morgan fingerprint density at radius 3 is 2.29 bits per heavy atom. The Kier molecular flexibility index (Phi) is 4.32. The second-order valence-electron chi connectivity index (χ2n) is 8.45. The van der Waals surface area contributed by atoms with Crippen molar-refractivity contribution in [1.82, 2.24) is 0 Å². The Labute approximate surface area is 187 Å². The molecule has 1 aromatic heterocycles. The van der Waals surface area contributed by atoms with E-state index in [0.717, 1.165) is 4.47 Å². The van der Waals surface area contributed by atoms with Crippen LogP contribution in [-0.2, 0) is 5.41 Å². The lowest BCUT2D eigenvalue weighted by Crippen LogP contribution is -2.37. The molecule has 1 aliphatic rings. The van der Waals surface area contributed by atoms with Crippen LogP contribution in [0.2, 0.25) is 0 Å². The van der Waals surface area contributed by atoms with Crippen LogP contribution in [0.25, 0.3) is 31.3 Å². The van der Waals surface area contributed by atoms with Gasteiger partial charge in [0, 0.05) is 40.1 Å². The minimum atomic E-state index is 0.0152. The third-order valence-corrected chi connectivity index (χ3v) is 8.87. The molecule has 0 spiro atoms. The second-order valence-corrected chi connectivity index (χ2v) is 11.3. The number of fused-ring (bicyclic) bond motifs is 7. The van der Waals surface area contributed by atoms with Crippen LogP contribution in [0.15, 0.2) is 57.5 Å². The first kappa shape index (κ1) is 18.8. The van der Waals surface area contributed by atoms with Crippen LogP contribution >= 0.6 is 43.2 Å². The largest absolute Gasteiger partial charge is 0.134 e. The third-order valence-electron chi connectivity index (χ3n) is 6.57. The van der Waals surface area contributed by atoms with Gasteiger partial charge in [-0.1, -0.05) is 83.8 Å². The van der Waals surface area contributed by atoms with E-state index in [1.807, 2.05) is 11.3 Å². The molecule has 0 unspecified atom stereocenters. The molecule has 0 atom stereocenters. The van der Waals surface area contributed by atoms with Crippen molar-refractivity contribution < 1.29 is 0 Å². The third kappa shape index (κ3) is 2.27. The van der Waals surface area contributed by atoms with Gasteiger partial charge in [-0.3, -0.25) is 0 Å². The lowest BCUT2D eigenvalue weighted by Gasteiger charge is -2.40. The summed E-state index contributed by atoms with van der Waals surface area (Å²) in [4.78, 5) is 0. The summed E-state index contributed by atoms with van der Waals surface area (Å²) in [6.45, 7) is 9.51. The summed E-state index contributed by atoms with van der Waals surface area (Å²) in [7, 11) is 0. The standard InChI is InChI=1S/C25H22Br2S/c1-13(2)25(14(3)4)18-11-15(26)9-10-16(18)22-19(25)12-20(27)23-17-7-5-6-8-21(17)28-24(22)23/h5-14H,1-4H3. The highest BCUT2D eigenvalue weighted by Gasteiger charge is 2.48. The highest BCUT2D eigenvalue weighted by atomic mass is 79.9. The van der Waals surface area contributed by atoms with E-state index >= 15 is 0 Å². The van der Waals surface area contributed by atoms with Gasteiger partial charge < -0.3 is 0 Å². The highest BCUT2D eigenvalue weighted by Crippen LogP contribution is 2.60. The zero-order valence-corrected chi connectivity index (χ0v) is 20.4. The van der Waals surface area contributed by atoms with E-state index in [1.165, 1.54) is 46.9 Å². The average molecular weight is 514 g/mol. The molecule has 0 bridgehead atoms. The molecule has 0 amide bonds. The molecule has 0 N–H and O–H groups in total. The number of hydrogen-bond acceptors (Lipinski definition) is 1. The summed E-state index contributed by atoms with van der Waals surface area (Å²) in [5.74, 6) is 1.00. The summed E-state index contributed by atoms with van der Waals surface area (Å²) < 4.78 is 5.15. The van der Waals surface area contributed by atoms with Crippen LogP contribution in [0.5, 0.6) is 0 Å². The quantitative estimate of drug-likeness (QED) is 0.250. The maximum absolute atomic E-state index is 3.96. The Morgan fingerprint density at radius 1 is 0.857 bits per heavy atom. The monoisotopic (exact) mass is 512 g/mol. The SMILES string of the molecule is CC(C)C1(C(C)C)c2cc(Br)ccc2-c2c1cc(Br)c1c2sc2ccccc21. The number of hydrogen-bond donors (Lipinski definition) is 0. The minimum Gasteiger partial charge on any atom is -0.134 e. The summed E-state index contributed by atoms with van der Waals surface area (Å²) in [6.07, 6.45) is 0. The number of halogens is 2. The van der Waals surface area contributed by atoms with Gasteiger partial charge in [0.15, 0.2) is 0 Å². The molecule has 5 rings (SSSR count). The molecule has 0 saturated heterocycles. The van der Waals surface area contributed by atoms with E-state index in [0.29, 0.717) is 11.8 Å². The molecule has 3 heteroatoms. The maximum Gasteiger partial charge on any atom is 0.0448 e. The Morgan fingerprint density at radius 2 is 1.57 bits per heavy atom. The van der Waals surface area contributed by atoms with E-state index in [-0.39, 0.29) is 5.41 Å². The van der Waals surface area contributed by atoms with Crippen molar-refractivity contribution in [3.05, 3.63) is 68.6 Å². The van der Waals surface area contributed by atoms with Crippen molar-refractivity contribution in [2.75, 3.05) is 0 Å². The maximum atomic E-state index is 3.96. The van der Waals surface area contributed by atoms with Crippen LogP contribution in [0, 0.1) is 11.8 Å². The van der Waals surface area contributed by atoms with Crippen LogP contribution in [0.3, 0.4) is 0 Å². The molecule has 1 aliphatic carbocycles. The molecule has 0 nitrogen and oxygen atoms in total. The van der Waals surface area contributed by atoms with Gasteiger partial charge in [-0.15, -0.1) is 11.3 Å². The van der Waals surface area contributed by atoms with Crippen molar-refractivity contribution in [2.24, 2.45) is 11.8 Å². The van der Waals surface area contributed by atoms with E-state index in [2.05, 4.69) is 108 Å². The van der Waals surface area contributed by atoms with Gasteiger partial charge in [-0.2, -0.15) is 0 Å². The van der Waals surface area contributed by atoms with Gasteiger partial charge in [0.2, 0.25) is 0 Å². The fourth-order valence-corrected chi connectivity index (χ4v) is 8.00. The predicted octanol–water partition coefficient (Wildman–Crippen LogP) is 9.16. The first-order valence-electron chi connectivity index (χ1n) is 9.82. The summed E-state index contributed by atoms with van der Waals surface area (Å²) in [5, 5.41) is 2.71. The van der Waals surface area contributed by atoms with Crippen molar-refractivity contribution in [3.63, 3.8) is 0 Å². The molecular weight excluding hydrogens is 492 g/mol. The molecule has 1 heterocycles. The molecule has 0 aliphatic heterocycles. The van der Waals surface area contributed by atoms with Gasteiger partial charge in [0.25, 0.3) is 0 Å².